The van der Waals surface area contributed by atoms with Crippen LogP contribution < -0.4 is 0 Å². The van der Waals surface area contributed by atoms with Crippen LogP contribution >= 0.6 is 0 Å². The summed E-state index contributed by atoms with van der Waals surface area (Å²) in [6.45, 7) is 0.369. The first-order valence-electron chi connectivity index (χ1n) is 8.21. The zero-order chi connectivity index (χ0) is 17.1. The Kier molecular flexibility index (Phi) is 4.50. The zero-order valence-electron chi connectivity index (χ0n) is 13.5. The first-order valence-corrected chi connectivity index (χ1v) is 8.21. The van der Waals surface area contributed by atoms with Crippen LogP contribution in [-0.4, -0.2) is 30.9 Å². The summed E-state index contributed by atoms with van der Waals surface area (Å²) in [5, 5.41) is 0. The van der Waals surface area contributed by atoms with Crippen LogP contribution in [0.3, 0.4) is 0 Å². The Morgan fingerprint density at radius 3 is 2.48 bits per heavy atom. The number of esters is 1. The second-order valence-corrected chi connectivity index (χ2v) is 5.92. The summed E-state index contributed by atoms with van der Waals surface area (Å²) < 4.78 is 23.0. The van der Waals surface area contributed by atoms with Crippen molar-refractivity contribution in [3.63, 3.8) is 0 Å². The van der Waals surface area contributed by atoms with Gasteiger partial charge >= 0.3 is 5.97 Å². The molecular formula is C20H18O5. The molecule has 2 aliphatic heterocycles. The van der Waals surface area contributed by atoms with Gasteiger partial charge in [0.15, 0.2) is 18.5 Å². The molecule has 2 heterocycles. The second kappa shape index (κ2) is 7.09. The molecule has 1 fully saturated rings. The fourth-order valence-electron chi connectivity index (χ4n) is 2.94. The monoisotopic (exact) mass is 338 g/mol. The van der Waals surface area contributed by atoms with Gasteiger partial charge in [-0.1, -0.05) is 48.5 Å². The maximum atomic E-state index is 12.4. The van der Waals surface area contributed by atoms with E-state index >= 15 is 0 Å². The van der Waals surface area contributed by atoms with E-state index in [0.29, 0.717) is 12.2 Å². The third-order valence-corrected chi connectivity index (χ3v) is 4.23. The van der Waals surface area contributed by atoms with Crippen LogP contribution in [0.4, 0.5) is 0 Å². The molecule has 0 spiro atoms. The van der Waals surface area contributed by atoms with Gasteiger partial charge in [0.05, 0.1) is 18.4 Å². The van der Waals surface area contributed by atoms with E-state index in [2.05, 4.69) is 0 Å². The molecule has 2 aromatic carbocycles. The van der Waals surface area contributed by atoms with Crippen molar-refractivity contribution in [2.24, 2.45) is 0 Å². The van der Waals surface area contributed by atoms with Crippen LogP contribution in [0.1, 0.15) is 22.2 Å². The van der Waals surface area contributed by atoms with E-state index in [1.807, 2.05) is 36.4 Å². The summed E-state index contributed by atoms with van der Waals surface area (Å²) in [5.74, 6) is -0.387. The molecular weight excluding hydrogens is 320 g/mol. The van der Waals surface area contributed by atoms with Gasteiger partial charge in [-0.15, -0.1) is 0 Å². The molecule has 0 aliphatic carbocycles. The molecule has 128 valence electrons. The van der Waals surface area contributed by atoms with Crippen molar-refractivity contribution in [3.8, 4) is 0 Å². The summed E-state index contributed by atoms with van der Waals surface area (Å²) >= 11 is 0. The van der Waals surface area contributed by atoms with Crippen LogP contribution in [0.5, 0.6) is 0 Å². The standard InChI is InChI=1S/C20H18O5/c21-19(14-7-3-1-4-8-14)24-16-11-12-22-17-13-23-20(25-18(16)17)15-9-5-2-6-10-15/h1-12,16-18,20H,13H2/t16-,17-,18+,20+/m1/s1. The Morgan fingerprint density at radius 2 is 1.72 bits per heavy atom. The first-order chi connectivity index (χ1) is 12.3. The van der Waals surface area contributed by atoms with E-state index in [1.54, 1.807) is 36.6 Å². The largest absolute Gasteiger partial charge is 0.493 e. The molecule has 2 aliphatic rings. The van der Waals surface area contributed by atoms with Gasteiger partial charge < -0.3 is 18.9 Å². The lowest BCUT2D eigenvalue weighted by Crippen LogP contribution is -2.50. The van der Waals surface area contributed by atoms with E-state index in [-0.39, 0.29) is 12.1 Å². The molecule has 1 saturated heterocycles. The number of benzene rings is 2. The Balaban J connectivity index is 1.49. The Morgan fingerprint density at radius 1 is 1.00 bits per heavy atom. The fourth-order valence-corrected chi connectivity index (χ4v) is 2.94. The molecule has 2 aromatic rings. The predicted molar refractivity (Wildman–Crippen MR) is 89.7 cm³/mol. The van der Waals surface area contributed by atoms with Crippen molar-refractivity contribution in [1.29, 1.82) is 0 Å². The molecule has 5 nitrogen and oxygen atoms in total. The third-order valence-electron chi connectivity index (χ3n) is 4.23. The van der Waals surface area contributed by atoms with Gasteiger partial charge in [-0.25, -0.2) is 4.79 Å². The van der Waals surface area contributed by atoms with Crippen molar-refractivity contribution >= 4 is 5.97 Å². The molecule has 0 aromatic heterocycles. The number of ether oxygens (including phenoxy) is 4. The van der Waals surface area contributed by atoms with Crippen LogP contribution in [0.2, 0.25) is 0 Å². The maximum absolute atomic E-state index is 12.4. The molecule has 0 N–H and O–H groups in total. The van der Waals surface area contributed by atoms with Crippen molar-refractivity contribution < 1.29 is 23.7 Å². The quantitative estimate of drug-likeness (QED) is 0.804. The molecule has 4 rings (SSSR count). The number of hydrogen-bond acceptors (Lipinski definition) is 5. The summed E-state index contributed by atoms with van der Waals surface area (Å²) in [6, 6.07) is 18.6. The predicted octanol–water partition coefficient (Wildman–Crippen LogP) is 3.24. The number of carbonyl (C=O) groups excluding carboxylic acids is 1. The smallest absolute Gasteiger partial charge is 0.338 e. The average Bonchev–Trinajstić information content (AvgIpc) is 2.69. The van der Waals surface area contributed by atoms with Gasteiger partial charge in [0, 0.05) is 5.56 Å². The lowest BCUT2D eigenvalue weighted by atomic mass is 10.0. The summed E-state index contributed by atoms with van der Waals surface area (Å²) in [6.07, 6.45) is 1.49. The highest BCUT2D eigenvalue weighted by Gasteiger charge is 2.42. The summed E-state index contributed by atoms with van der Waals surface area (Å²) in [5.41, 5.74) is 1.43. The van der Waals surface area contributed by atoms with Crippen molar-refractivity contribution in [3.05, 3.63) is 84.1 Å². The van der Waals surface area contributed by atoms with Crippen LogP contribution in [0.15, 0.2) is 73.0 Å². The molecule has 0 radical (unpaired) electrons. The summed E-state index contributed by atoms with van der Waals surface area (Å²) in [4.78, 5) is 12.4. The molecule has 0 bridgehead atoms. The zero-order valence-corrected chi connectivity index (χ0v) is 13.5. The number of carbonyl (C=O) groups is 1. The van der Waals surface area contributed by atoms with E-state index in [9.17, 15) is 4.79 Å². The SMILES string of the molecule is O=C(O[C@@H]1C=CO[C@@H]2CO[C@H](c3ccccc3)O[C@@H]12)c1ccccc1. The van der Waals surface area contributed by atoms with Crippen LogP contribution in [0.25, 0.3) is 0 Å². The van der Waals surface area contributed by atoms with E-state index in [1.165, 1.54) is 0 Å². The first kappa shape index (κ1) is 15.9. The maximum Gasteiger partial charge on any atom is 0.338 e. The topological polar surface area (TPSA) is 54.0 Å². The second-order valence-electron chi connectivity index (χ2n) is 5.92. The van der Waals surface area contributed by atoms with Gasteiger partial charge in [-0.3, -0.25) is 0 Å². The molecule has 4 atom stereocenters. The van der Waals surface area contributed by atoms with E-state index in [4.69, 9.17) is 18.9 Å². The number of hydrogen-bond donors (Lipinski definition) is 0. The van der Waals surface area contributed by atoms with Crippen LogP contribution in [0, 0.1) is 0 Å². The number of rotatable bonds is 3. The molecule has 0 amide bonds. The Bertz CT molecular complexity index is 743. The van der Waals surface area contributed by atoms with E-state index in [0.717, 1.165) is 5.56 Å². The van der Waals surface area contributed by atoms with E-state index < -0.39 is 18.5 Å². The summed E-state index contributed by atoms with van der Waals surface area (Å²) in [7, 11) is 0. The number of fused-ring (bicyclic) bond motifs is 1. The molecule has 0 unspecified atom stereocenters. The van der Waals surface area contributed by atoms with Gasteiger partial charge in [0.2, 0.25) is 0 Å². The highest BCUT2D eigenvalue weighted by molar-refractivity contribution is 5.89. The normalized spacial score (nSPS) is 27.8. The highest BCUT2D eigenvalue weighted by atomic mass is 16.7. The molecule has 25 heavy (non-hydrogen) atoms. The van der Waals surface area contributed by atoms with Gasteiger partial charge in [-0.05, 0) is 18.2 Å². The minimum absolute atomic E-state index is 0.307. The third kappa shape index (κ3) is 3.43. The molecule has 0 saturated carbocycles. The van der Waals surface area contributed by atoms with Gasteiger partial charge in [-0.2, -0.15) is 0 Å². The molecule has 5 heteroatoms. The van der Waals surface area contributed by atoms with Crippen molar-refractivity contribution in [2.75, 3.05) is 6.61 Å². The fraction of sp³-hybridized carbons (Fsp3) is 0.250. The van der Waals surface area contributed by atoms with Crippen molar-refractivity contribution in [1.82, 2.24) is 0 Å². The van der Waals surface area contributed by atoms with Crippen LogP contribution in [-0.2, 0) is 18.9 Å². The van der Waals surface area contributed by atoms with Gasteiger partial charge in [0.25, 0.3) is 0 Å². The average molecular weight is 338 g/mol. The Labute approximate surface area is 145 Å². The highest BCUT2D eigenvalue weighted by Crippen LogP contribution is 2.32. The van der Waals surface area contributed by atoms with Crippen molar-refractivity contribution in [2.45, 2.75) is 24.6 Å². The lowest BCUT2D eigenvalue weighted by molar-refractivity contribution is -0.276. The minimum atomic E-state index is -0.526. The van der Waals surface area contributed by atoms with Gasteiger partial charge in [0.1, 0.15) is 6.10 Å². The lowest BCUT2D eigenvalue weighted by Gasteiger charge is -2.40. The minimum Gasteiger partial charge on any atom is -0.493 e. The Hall–Kier alpha value is -2.63.